The van der Waals surface area contributed by atoms with Crippen LogP contribution in [0.5, 0.6) is 5.75 Å². The molecule has 4 aliphatic rings. The SMILES string of the molecule is COc1cccc(C2C3CC4CC(C3)CC2(CCN)C4)c1. The van der Waals surface area contributed by atoms with E-state index in [1.54, 1.807) is 7.11 Å². The lowest BCUT2D eigenvalue weighted by Crippen LogP contribution is -2.52. The molecule has 1 aromatic carbocycles. The summed E-state index contributed by atoms with van der Waals surface area (Å²) in [5.74, 6) is 4.56. The molecule has 2 N–H and O–H groups in total. The Labute approximate surface area is 128 Å². The highest BCUT2D eigenvalue weighted by Gasteiger charge is 2.56. The average molecular weight is 285 g/mol. The van der Waals surface area contributed by atoms with Crippen LogP contribution < -0.4 is 10.5 Å². The number of nitrogens with two attached hydrogens (primary N) is 1. The van der Waals surface area contributed by atoms with Gasteiger partial charge in [0, 0.05) is 0 Å². The van der Waals surface area contributed by atoms with E-state index < -0.39 is 0 Å². The molecular formula is C19H27NO. The molecule has 4 aliphatic carbocycles. The minimum atomic E-state index is 0.482. The number of methoxy groups -OCH3 is 1. The van der Waals surface area contributed by atoms with Gasteiger partial charge in [-0.05, 0) is 91.9 Å². The van der Waals surface area contributed by atoms with Gasteiger partial charge in [0.25, 0.3) is 0 Å². The van der Waals surface area contributed by atoms with Crippen molar-refractivity contribution >= 4 is 0 Å². The van der Waals surface area contributed by atoms with Crippen molar-refractivity contribution in [3.63, 3.8) is 0 Å². The lowest BCUT2D eigenvalue weighted by molar-refractivity contribution is -0.0787. The molecule has 4 bridgehead atoms. The van der Waals surface area contributed by atoms with Gasteiger partial charge in [0.2, 0.25) is 0 Å². The van der Waals surface area contributed by atoms with Crippen LogP contribution in [0.2, 0.25) is 0 Å². The predicted molar refractivity (Wildman–Crippen MR) is 85.4 cm³/mol. The molecule has 1 aromatic rings. The summed E-state index contributed by atoms with van der Waals surface area (Å²) in [6.07, 6.45) is 8.43. The van der Waals surface area contributed by atoms with Crippen LogP contribution in [0, 0.1) is 23.2 Å². The molecule has 21 heavy (non-hydrogen) atoms. The van der Waals surface area contributed by atoms with Gasteiger partial charge in [0.05, 0.1) is 7.11 Å². The van der Waals surface area contributed by atoms with Gasteiger partial charge in [-0.15, -0.1) is 0 Å². The fourth-order valence-corrected chi connectivity index (χ4v) is 6.32. The Bertz CT molecular complexity index is 512. The van der Waals surface area contributed by atoms with E-state index >= 15 is 0 Å². The molecule has 0 amide bonds. The van der Waals surface area contributed by atoms with Gasteiger partial charge < -0.3 is 10.5 Å². The second-order valence-corrected chi connectivity index (χ2v) is 7.76. The lowest BCUT2D eigenvalue weighted by atomic mass is 9.43. The zero-order valence-corrected chi connectivity index (χ0v) is 13.1. The topological polar surface area (TPSA) is 35.2 Å². The van der Waals surface area contributed by atoms with Gasteiger partial charge >= 0.3 is 0 Å². The van der Waals surface area contributed by atoms with E-state index in [1.807, 2.05) is 0 Å². The Kier molecular flexibility index (Phi) is 3.25. The van der Waals surface area contributed by atoms with E-state index in [4.69, 9.17) is 10.5 Å². The summed E-state index contributed by atoms with van der Waals surface area (Å²) in [5.41, 5.74) is 8.01. The van der Waals surface area contributed by atoms with Crippen molar-refractivity contribution in [1.82, 2.24) is 0 Å². The first kappa shape index (κ1) is 13.6. The van der Waals surface area contributed by atoms with Gasteiger partial charge in [0.1, 0.15) is 5.75 Å². The molecule has 2 nitrogen and oxygen atoms in total. The van der Waals surface area contributed by atoms with E-state index in [1.165, 1.54) is 44.1 Å². The van der Waals surface area contributed by atoms with Gasteiger partial charge in [0.15, 0.2) is 0 Å². The number of ether oxygens (including phenoxy) is 1. The molecule has 114 valence electrons. The molecule has 2 heteroatoms. The third-order valence-corrected chi connectivity index (χ3v) is 6.56. The molecule has 0 spiro atoms. The largest absolute Gasteiger partial charge is 0.497 e. The summed E-state index contributed by atoms with van der Waals surface area (Å²) in [7, 11) is 1.77. The van der Waals surface area contributed by atoms with E-state index in [0.717, 1.165) is 30.0 Å². The van der Waals surface area contributed by atoms with Crippen molar-refractivity contribution in [2.75, 3.05) is 13.7 Å². The third kappa shape index (κ3) is 2.11. The third-order valence-electron chi connectivity index (χ3n) is 6.56. The van der Waals surface area contributed by atoms with Crippen LogP contribution in [-0.4, -0.2) is 13.7 Å². The summed E-state index contributed by atoms with van der Waals surface area (Å²) < 4.78 is 5.47. The summed E-state index contributed by atoms with van der Waals surface area (Å²) >= 11 is 0. The number of hydrogen-bond acceptors (Lipinski definition) is 2. The molecule has 5 rings (SSSR count). The van der Waals surface area contributed by atoms with Crippen LogP contribution in [0.15, 0.2) is 24.3 Å². The summed E-state index contributed by atoms with van der Waals surface area (Å²) in [6.45, 7) is 0.840. The van der Waals surface area contributed by atoms with Gasteiger partial charge in [-0.25, -0.2) is 0 Å². The Morgan fingerprint density at radius 1 is 1.19 bits per heavy atom. The van der Waals surface area contributed by atoms with Crippen LogP contribution >= 0.6 is 0 Å². The molecule has 3 unspecified atom stereocenters. The first-order chi connectivity index (χ1) is 10.2. The molecule has 3 atom stereocenters. The minimum absolute atomic E-state index is 0.482. The quantitative estimate of drug-likeness (QED) is 0.909. The normalized spacial score (nSPS) is 40.5. The van der Waals surface area contributed by atoms with Crippen molar-refractivity contribution < 1.29 is 4.74 Å². The number of benzene rings is 1. The van der Waals surface area contributed by atoms with Crippen LogP contribution in [0.3, 0.4) is 0 Å². The second-order valence-electron chi connectivity index (χ2n) is 7.76. The zero-order chi connectivity index (χ0) is 14.4. The van der Waals surface area contributed by atoms with Crippen LogP contribution in [0.4, 0.5) is 0 Å². The Balaban J connectivity index is 1.74. The van der Waals surface area contributed by atoms with E-state index in [0.29, 0.717) is 11.3 Å². The first-order valence-electron chi connectivity index (χ1n) is 8.58. The first-order valence-corrected chi connectivity index (χ1v) is 8.58. The van der Waals surface area contributed by atoms with Crippen molar-refractivity contribution in [3.8, 4) is 5.75 Å². The average Bonchev–Trinajstić information content (AvgIpc) is 2.46. The van der Waals surface area contributed by atoms with Gasteiger partial charge in [-0.1, -0.05) is 12.1 Å². The second kappa shape index (κ2) is 5.01. The van der Waals surface area contributed by atoms with Crippen LogP contribution in [-0.2, 0) is 0 Å². The highest BCUT2D eigenvalue weighted by Crippen LogP contribution is 2.67. The molecule has 0 saturated heterocycles. The maximum atomic E-state index is 6.02. The molecule has 0 aliphatic heterocycles. The number of hydrogen-bond donors (Lipinski definition) is 1. The minimum Gasteiger partial charge on any atom is -0.497 e. The molecule has 4 saturated carbocycles. The Morgan fingerprint density at radius 2 is 1.95 bits per heavy atom. The van der Waals surface area contributed by atoms with E-state index in [9.17, 15) is 0 Å². The summed E-state index contributed by atoms with van der Waals surface area (Å²) in [5, 5.41) is 0. The molecular weight excluding hydrogens is 258 g/mol. The fourth-order valence-electron chi connectivity index (χ4n) is 6.32. The van der Waals surface area contributed by atoms with Crippen molar-refractivity contribution in [1.29, 1.82) is 0 Å². The van der Waals surface area contributed by atoms with Gasteiger partial charge in [-0.3, -0.25) is 0 Å². The maximum absolute atomic E-state index is 6.02. The summed E-state index contributed by atoms with van der Waals surface area (Å²) in [4.78, 5) is 0. The maximum Gasteiger partial charge on any atom is 0.119 e. The smallest absolute Gasteiger partial charge is 0.119 e. The summed E-state index contributed by atoms with van der Waals surface area (Å²) in [6, 6.07) is 8.84. The molecule has 0 radical (unpaired) electrons. The fraction of sp³-hybridized carbons (Fsp3) is 0.684. The Hall–Kier alpha value is -1.02. The number of rotatable bonds is 4. The monoisotopic (exact) mass is 285 g/mol. The molecule has 0 aromatic heterocycles. The van der Waals surface area contributed by atoms with E-state index in [-0.39, 0.29) is 0 Å². The van der Waals surface area contributed by atoms with Crippen molar-refractivity contribution in [2.24, 2.45) is 28.9 Å². The molecule has 4 fully saturated rings. The highest BCUT2D eigenvalue weighted by atomic mass is 16.5. The van der Waals surface area contributed by atoms with Crippen LogP contribution in [0.1, 0.15) is 50.0 Å². The van der Waals surface area contributed by atoms with Crippen LogP contribution in [0.25, 0.3) is 0 Å². The predicted octanol–water partition coefficient (Wildman–Crippen LogP) is 3.95. The standard InChI is InChI=1S/C19H27NO/c1-21-17-4-2-3-15(10-17)18-16-8-13-7-14(9-16)12-19(18,11-13)5-6-20/h2-4,10,13-14,16,18H,5-9,11-12,20H2,1H3. The van der Waals surface area contributed by atoms with Gasteiger partial charge in [-0.2, -0.15) is 0 Å². The Morgan fingerprint density at radius 3 is 2.62 bits per heavy atom. The van der Waals surface area contributed by atoms with Crippen molar-refractivity contribution in [3.05, 3.63) is 29.8 Å². The highest BCUT2D eigenvalue weighted by molar-refractivity contribution is 5.34. The molecule has 0 heterocycles. The van der Waals surface area contributed by atoms with E-state index in [2.05, 4.69) is 24.3 Å². The van der Waals surface area contributed by atoms with Crippen molar-refractivity contribution in [2.45, 2.75) is 44.4 Å². The lowest BCUT2D eigenvalue weighted by Gasteiger charge is -2.62. The zero-order valence-electron chi connectivity index (χ0n) is 13.1.